The zero-order chi connectivity index (χ0) is 42.0. The molecule has 0 N–H and O–H groups in total. The van der Waals surface area contributed by atoms with Gasteiger partial charge in [-0.3, -0.25) is 26.3 Å². The number of nitrogens with zero attached hydrogens (tertiary/aromatic N) is 2. The van der Waals surface area contributed by atoms with Crippen molar-refractivity contribution in [2.45, 2.75) is 58.5 Å². The third-order valence-corrected chi connectivity index (χ3v) is 11.8. The molecule has 0 bridgehead atoms. The van der Waals surface area contributed by atoms with Gasteiger partial charge in [-0.15, -0.1) is 36.4 Å². The van der Waals surface area contributed by atoms with Crippen LogP contribution in [0.2, 0.25) is 0 Å². The van der Waals surface area contributed by atoms with Crippen molar-refractivity contribution >= 4 is 18.5 Å². The minimum absolute atomic E-state index is 0. The normalized spacial score (nSPS) is 11.1. The van der Waals surface area contributed by atoms with E-state index in [2.05, 4.69) is 94.0 Å². The van der Waals surface area contributed by atoms with Gasteiger partial charge in [-0.2, -0.15) is 6.07 Å². The van der Waals surface area contributed by atoms with Gasteiger partial charge in [0.2, 0.25) is 0 Å². The Morgan fingerprint density at radius 1 is 0.492 bits per heavy atom. The molecule has 0 saturated heterocycles. The number of rotatable bonds is 6. The molecule has 0 saturated carbocycles. The average Bonchev–Trinajstić information content (AvgIpc) is 3.18. The van der Waals surface area contributed by atoms with Gasteiger partial charge >= 0.3 is 20.1 Å². The fourth-order valence-corrected chi connectivity index (χ4v) is 8.34. The minimum atomic E-state index is -1.18. The van der Waals surface area contributed by atoms with Crippen LogP contribution < -0.4 is 10.6 Å². The quantitative estimate of drug-likeness (QED) is 0.0943. The van der Waals surface area contributed by atoms with E-state index in [0.717, 1.165) is 41.5 Å². The van der Waals surface area contributed by atoms with Crippen LogP contribution in [-0.4, -0.2) is 9.97 Å². The van der Waals surface area contributed by atoms with Gasteiger partial charge in [0.05, 0.1) is 24.7 Å². The van der Waals surface area contributed by atoms with E-state index in [1.807, 2.05) is 60.7 Å². The zero-order valence-electron chi connectivity index (χ0n) is 33.4. The molecule has 0 unspecified atom stereocenters. The molecule has 2 heterocycles. The predicted molar refractivity (Wildman–Crippen MR) is 224 cm³/mol. The van der Waals surface area contributed by atoms with E-state index in [-0.39, 0.29) is 42.1 Å². The van der Waals surface area contributed by atoms with Crippen molar-refractivity contribution in [1.82, 2.24) is 9.97 Å². The summed E-state index contributed by atoms with van der Waals surface area (Å²) in [7, 11) is -1.18. The molecule has 5 aromatic carbocycles. The molecule has 0 aliphatic carbocycles. The van der Waals surface area contributed by atoms with Crippen LogP contribution in [0.15, 0.2) is 134 Å². The molecule has 7 rings (SSSR count). The first-order chi connectivity index (χ1) is 27.5. The van der Waals surface area contributed by atoms with Crippen LogP contribution in [0.1, 0.15) is 58.2 Å². The number of pyridine rings is 2. The third-order valence-electron chi connectivity index (χ3n) is 9.02. The van der Waals surface area contributed by atoms with E-state index in [1.54, 1.807) is 12.4 Å². The van der Waals surface area contributed by atoms with Crippen molar-refractivity contribution in [2.75, 3.05) is 0 Å². The fraction of sp³-hybridized carbons (Fsp3) is 0.184. The van der Waals surface area contributed by atoms with Crippen LogP contribution in [0.5, 0.6) is 0 Å². The van der Waals surface area contributed by atoms with E-state index in [1.165, 1.54) is 16.7 Å². The summed E-state index contributed by atoms with van der Waals surface area (Å²) in [5, 5.41) is 2.41. The van der Waals surface area contributed by atoms with Gasteiger partial charge in [-0.1, -0.05) is 119 Å². The Morgan fingerprint density at radius 3 is 1.22 bits per heavy atom. The van der Waals surface area contributed by atoms with Crippen LogP contribution in [0.4, 0.5) is 26.3 Å². The number of halogens is 6. The predicted octanol–water partition coefficient (Wildman–Crippen LogP) is 12.4. The number of hydrogen-bond acceptors (Lipinski definition) is 2. The summed E-state index contributed by atoms with van der Waals surface area (Å²) in [5.74, 6) is -3.67. The van der Waals surface area contributed by atoms with Crippen molar-refractivity contribution < 1.29 is 46.4 Å². The molecule has 59 heavy (non-hydrogen) atoms. The molecule has 10 heteroatoms. The SMILES string of the molecule is CC(C)(C)c1ccnc(-c2[c-]cc(F)cc2F)c1.CC(C)(C)c1ccnc(-c2[c-]cc(F)cc2F)c1.Fc1c[c-]c(C[PH+](c2ccccc2)c2ccccc2)c(F)c1.[Ir+3]. The first-order valence-electron chi connectivity index (χ1n) is 18.5. The standard InChI is InChI=1S/C19H14F2P.2C15H14F2N.Ir/c20-16-12-11-15(19(21)13-16)14-22(17-7-3-1-4-8-17)18-9-5-2-6-10-18;2*1-15(2,3)10-6-7-18-14(8-10)12-5-4-11(16)9-13(12)17;/h1-10,12-13H,14H2;2*4,6-9H,1-3H3;/q3*-1;+3/p+1. The topological polar surface area (TPSA) is 25.8 Å². The number of benzene rings is 5. The van der Waals surface area contributed by atoms with Gasteiger partial charge in [0.15, 0.2) is 0 Å². The largest absolute Gasteiger partial charge is 3.00 e. The molecule has 0 amide bonds. The van der Waals surface area contributed by atoms with Gasteiger partial charge in [-0.05, 0) is 69.7 Å². The number of hydrogen-bond donors (Lipinski definition) is 0. The number of aromatic nitrogens is 2. The smallest absolute Gasteiger partial charge is 0.305 e. The second kappa shape index (κ2) is 20.8. The summed E-state index contributed by atoms with van der Waals surface area (Å²) in [6.45, 7) is 12.4. The van der Waals surface area contributed by atoms with Crippen LogP contribution in [0.3, 0.4) is 0 Å². The summed E-state index contributed by atoms with van der Waals surface area (Å²) < 4.78 is 80.0. The summed E-state index contributed by atoms with van der Waals surface area (Å²) in [6, 6.07) is 41.6. The Morgan fingerprint density at radius 2 is 0.864 bits per heavy atom. The van der Waals surface area contributed by atoms with Gasteiger partial charge < -0.3 is 9.97 Å². The third kappa shape index (κ3) is 13.3. The summed E-state index contributed by atoms with van der Waals surface area (Å²) in [4.78, 5) is 8.24. The molecule has 0 aliphatic rings. The monoisotopic (exact) mass is 997 g/mol. The van der Waals surface area contributed by atoms with E-state index >= 15 is 0 Å². The maximum atomic E-state index is 14.0. The zero-order valence-corrected chi connectivity index (χ0v) is 36.8. The molecule has 0 spiro atoms. The second-order valence-corrected chi connectivity index (χ2v) is 17.9. The Bertz CT molecular complexity index is 2290. The van der Waals surface area contributed by atoms with E-state index in [4.69, 9.17) is 0 Å². The molecule has 0 aliphatic heterocycles. The maximum Gasteiger partial charge on any atom is 3.00 e. The van der Waals surface area contributed by atoms with Crippen LogP contribution in [0.25, 0.3) is 22.5 Å². The van der Waals surface area contributed by atoms with E-state index in [9.17, 15) is 26.3 Å². The first-order valence-corrected chi connectivity index (χ1v) is 20.2. The van der Waals surface area contributed by atoms with Crippen molar-refractivity contribution in [3.8, 4) is 22.5 Å². The van der Waals surface area contributed by atoms with E-state index in [0.29, 0.717) is 23.1 Å². The summed E-state index contributed by atoms with van der Waals surface area (Å²) in [6.07, 6.45) is 3.81. The van der Waals surface area contributed by atoms with Gasteiger partial charge in [0.1, 0.15) is 0 Å². The average molecular weight is 997 g/mol. The fourth-order valence-electron chi connectivity index (χ4n) is 5.79. The van der Waals surface area contributed by atoms with Gasteiger partial charge in [0, 0.05) is 47.3 Å². The van der Waals surface area contributed by atoms with Crippen molar-refractivity contribution in [1.29, 1.82) is 0 Å². The molecule has 0 fully saturated rings. The Labute approximate surface area is 357 Å². The van der Waals surface area contributed by atoms with Crippen LogP contribution >= 0.6 is 7.92 Å². The maximum absolute atomic E-state index is 14.0. The molecule has 304 valence electrons. The Hall–Kier alpha value is -4.94. The molecular weight excluding hydrogens is 954 g/mol. The first kappa shape index (κ1) is 46.7. The minimum Gasteiger partial charge on any atom is -0.305 e. The second-order valence-electron chi connectivity index (χ2n) is 15.5. The van der Waals surface area contributed by atoms with Crippen molar-refractivity contribution in [3.05, 3.63) is 204 Å². The van der Waals surface area contributed by atoms with Crippen LogP contribution in [0, 0.1) is 53.1 Å². The molecule has 2 nitrogen and oxygen atoms in total. The van der Waals surface area contributed by atoms with Gasteiger partial charge in [0.25, 0.3) is 0 Å². The van der Waals surface area contributed by atoms with E-state index < -0.39 is 42.8 Å². The Kier molecular flexibility index (Phi) is 16.5. The molecule has 0 radical (unpaired) electrons. The molecule has 0 atom stereocenters. The van der Waals surface area contributed by atoms with Gasteiger partial charge in [-0.25, -0.2) is 0 Å². The summed E-state index contributed by atoms with van der Waals surface area (Å²) in [5.41, 5.74) is 3.78. The van der Waals surface area contributed by atoms with Crippen molar-refractivity contribution in [2.24, 2.45) is 0 Å². The summed E-state index contributed by atoms with van der Waals surface area (Å²) >= 11 is 0. The Balaban J connectivity index is 0.000000195. The molecule has 2 aromatic heterocycles. The van der Waals surface area contributed by atoms with Crippen molar-refractivity contribution in [3.63, 3.8) is 0 Å². The molecular formula is C49H43F6IrN2P+. The molecule has 7 aromatic rings. The van der Waals surface area contributed by atoms with Crippen LogP contribution in [-0.2, 0) is 37.1 Å².